The minimum atomic E-state index is 0.527. The topological polar surface area (TPSA) is 15.6 Å². The number of aryl methyl sites for hydroxylation is 2. The molecule has 0 fully saturated rings. The largest absolute Gasteiger partial charge is 0.292 e. The second kappa shape index (κ2) is 3.08. The highest BCUT2D eigenvalue weighted by atomic mass is 32.1. The van der Waals surface area contributed by atoms with Crippen LogP contribution in [0.25, 0.3) is 0 Å². The Labute approximate surface area is 94.6 Å². The van der Waals surface area contributed by atoms with Crippen LogP contribution < -0.4 is 0 Å². The van der Waals surface area contributed by atoms with E-state index in [9.17, 15) is 0 Å². The van der Waals surface area contributed by atoms with Crippen LogP contribution in [0.4, 0.5) is 0 Å². The monoisotopic (exact) mass is 220 g/mol. The summed E-state index contributed by atoms with van der Waals surface area (Å²) in [5, 5.41) is 6.58. The van der Waals surface area contributed by atoms with E-state index in [0.29, 0.717) is 12.0 Å². The zero-order valence-electron chi connectivity index (χ0n) is 9.45. The SMILES string of the molecule is Cc1sc(C)c2c1CCC1C=NN(C)C21. The van der Waals surface area contributed by atoms with Gasteiger partial charge in [-0.15, -0.1) is 11.3 Å². The molecule has 1 aromatic heterocycles. The van der Waals surface area contributed by atoms with Gasteiger partial charge in [0.2, 0.25) is 0 Å². The quantitative estimate of drug-likeness (QED) is 0.656. The molecular weight excluding hydrogens is 204 g/mol. The van der Waals surface area contributed by atoms with Crippen molar-refractivity contribution in [3.63, 3.8) is 0 Å². The zero-order valence-corrected chi connectivity index (χ0v) is 10.3. The molecule has 0 spiro atoms. The van der Waals surface area contributed by atoms with E-state index in [4.69, 9.17) is 0 Å². The Morgan fingerprint density at radius 2 is 2.20 bits per heavy atom. The van der Waals surface area contributed by atoms with Gasteiger partial charge in [0.05, 0.1) is 6.04 Å². The fraction of sp³-hybridized carbons (Fsp3) is 0.583. The van der Waals surface area contributed by atoms with Gasteiger partial charge in [-0.05, 0) is 37.8 Å². The van der Waals surface area contributed by atoms with Crippen LogP contribution in [0.2, 0.25) is 0 Å². The average Bonchev–Trinajstić information content (AvgIpc) is 2.70. The second-order valence-electron chi connectivity index (χ2n) is 4.59. The van der Waals surface area contributed by atoms with Crippen LogP contribution >= 0.6 is 11.3 Å². The van der Waals surface area contributed by atoms with Crippen molar-refractivity contribution < 1.29 is 0 Å². The number of rotatable bonds is 0. The molecule has 2 aliphatic rings. The van der Waals surface area contributed by atoms with Crippen molar-refractivity contribution in [2.75, 3.05) is 7.05 Å². The fourth-order valence-corrected chi connectivity index (χ4v) is 4.16. The molecule has 0 aromatic carbocycles. The van der Waals surface area contributed by atoms with Crippen LogP contribution in [-0.4, -0.2) is 18.3 Å². The van der Waals surface area contributed by atoms with Gasteiger partial charge in [0.1, 0.15) is 0 Å². The molecular formula is C12H16N2S. The summed E-state index contributed by atoms with van der Waals surface area (Å²) in [6.07, 6.45) is 4.65. The van der Waals surface area contributed by atoms with E-state index < -0.39 is 0 Å². The highest BCUT2D eigenvalue weighted by Crippen LogP contribution is 2.45. The molecule has 3 heteroatoms. The Morgan fingerprint density at radius 1 is 1.40 bits per heavy atom. The first-order chi connectivity index (χ1) is 7.18. The molecule has 15 heavy (non-hydrogen) atoms. The lowest BCUT2D eigenvalue weighted by atomic mass is 9.81. The Bertz CT molecular complexity index is 433. The summed E-state index contributed by atoms with van der Waals surface area (Å²) in [4.78, 5) is 3.01. The van der Waals surface area contributed by atoms with E-state index in [1.54, 1.807) is 11.1 Å². The van der Waals surface area contributed by atoms with Crippen molar-refractivity contribution in [3.8, 4) is 0 Å². The summed E-state index contributed by atoms with van der Waals surface area (Å²) < 4.78 is 0. The molecule has 80 valence electrons. The summed E-state index contributed by atoms with van der Waals surface area (Å²) in [6, 6.07) is 0.527. The van der Waals surface area contributed by atoms with E-state index in [0.717, 1.165) is 0 Å². The first kappa shape index (κ1) is 9.40. The molecule has 0 saturated heterocycles. The fourth-order valence-electron chi connectivity index (χ4n) is 3.01. The molecule has 3 rings (SSSR count). The van der Waals surface area contributed by atoms with Crippen molar-refractivity contribution in [1.29, 1.82) is 0 Å². The number of thiophene rings is 1. The lowest BCUT2D eigenvalue weighted by Crippen LogP contribution is -2.26. The van der Waals surface area contributed by atoms with Crippen molar-refractivity contribution in [2.45, 2.75) is 32.7 Å². The molecule has 1 aliphatic heterocycles. The number of nitrogens with zero attached hydrogens (tertiary/aromatic N) is 2. The van der Waals surface area contributed by atoms with Gasteiger partial charge in [0.25, 0.3) is 0 Å². The maximum atomic E-state index is 4.44. The molecule has 0 amide bonds. The normalized spacial score (nSPS) is 28.1. The van der Waals surface area contributed by atoms with Gasteiger partial charge in [-0.3, -0.25) is 5.01 Å². The minimum absolute atomic E-state index is 0.527. The number of hydrazone groups is 1. The summed E-state index contributed by atoms with van der Waals surface area (Å²) in [7, 11) is 2.10. The number of hydrogen-bond donors (Lipinski definition) is 0. The minimum Gasteiger partial charge on any atom is -0.292 e. The van der Waals surface area contributed by atoms with E-state index in [1.165, 1.54) is 22.6 Å². The predicted octanol–water partition coefficient (Wildman–Crippen LogP) is 2.90. The number of hydrogen-bond acceptors (Lipinski definition) is 3. The summed E-state index contributed by atoms with van der Waals surface area (Å²) >= 11 is 1.95. The average molecular weight is 220 g/mol. The molecule has 1 aromatic rings. The van der Waals surface area contributed by atoms with Crippen molar-refractivity contribution in [3.05, 3.63) is 20.9 Å². The Hall–Kier alpha value is -0.830. The molecule has 0 radical (unpaired) electrons. The lowest BCUT2D eigenvalue weighted by molar-refractivity contribution is 0.234. The second-order valence-corrected chi connectivity index (χ2v) is 6.02. The summed E-state index contributed by atoms with van der Waals surface area (Å²) in [5.74, 6) is 0.648. The lowest BCUT2D eigenvalue weighted by Gasteiger charge is -2.30. The van der Waals surface area contributed by atoms with E-state index in [1.807, 2.05) is 11.3 Å². The Morgan fingerprint density at radius 3 is 3.00 bits per heavy atom. The van der Waals surface area contributed by atoms with Crippen LogP contribution in [-0.2, 0) is 6.42 Å². The van der Waals surface area contributed by atoms with Gasteiger partial charge in [-0.1, -0.05) is 0 Å². The maximum absolute atomic E-state index is 4.44. The smallest absolute Gasteiger partial charge is 0.0808 e. The molecule has 1 aliphatic carbocycles. The first-order valence-electron chi connectivity index (χ1n) is 5.54. The molecule has 0 bridgehead atoms. The van der Waals surface area contributed by atoms with Crippen LogP contribution in [0.3, 0.4) is 0 Å². The standard InChI is InChI=1S/C12H16N2S/c1-7-10-5-4-9-6-13-14(3)12(9)11(10)8(2)15-7/h6,9,12H,4-5H2,1-3H3. The molecule has 2 heterocycles. The third-order valence-electron chi connectivity index (χ3n) is 3.71. The van der Waals surface area contributed by atoms with Gasteiger partial charge >= 0.3 is 0 Å². The predicted molar refractivity (Wildman–Crippen MR) is 64.6 cm³/mol. The maximum Gasteiger partial charge on any atom is 0.0808 e. The van der Waals surface area contributed by atoms with Crippen LogP contribution in [0.15, 0.2) is 5.10 Å². The Balaban J connectivity index is 2.15. The van der Waals surface area contributed by atoms with Crippen molar-refractivity contribution in [2.24, 2.45) is 11.0 Å². The molecule has 2 atom stereocenters. The van der Waals surface area contributed by atoms with Gasteiger partial charge in [-0.2, -0.15) is 5.10 Å². The van der Waals surface area contributed by atoms with Crippen molar-refractivity contribution >= 4 is 17.6 Å². The third-order valence-corrected chi connectivity index (χ3v) is 4.79. The highest BCUT2D eigenvalue weighted by molar-refractivity contribution is 7.12. The first-order valence-corrected chi connectivity index (χ1v) is 6.36. The van der Waals surface area contributed by atoms with E-state index >= 15 is 0 Å². The number of fused-ring (bicyclic) bond motifs is 3. The molecule has 0 saturated carbocycles. The summed E-state index contributed by atoms with van der Waals surface area (Å²) in [5.41, 5.74) is 3.19. The van der Waals surface area contributed by atoms with E-state index in [2.05, 4.69) is 37.2 Å². The highest BCUT2D eigenvalue weighted by Gasteiger charge is 2.37. The molecule has 0 N–H and O–H groups in total. The van der Waals surface area contributed by atoms with Crippen LogP contribution in [0.5, 0.6) is 0 Å². The van der Waals surface area contributed by atoms with Gasteiger partial charge in [-0.25, -0.2) is 0 Å². The van der Waals surface area contributed by atoms with Crippen LogP contribution in [0.1, 0.15) is 33.3 Å². The van der Waals surface area contributed by atoms with Crippen LogP contribution in [0, 0.1) is 19.8 Å². The molecule has 2 unspecified atom stereocenters. The van der Waals surface area contributed by atoms with Gasteiger partial charge < -0.3 is 0 Å². The van der Waals surface area contributed by atoms with Gasteiger partial charge in [0, 0.05) is 28.9 Å². The summed E-state index contributed by atoms with van der Waals surface area (Å²) in [6.45, 7) is 4.51. The van der Waals surface area contributed by atoms with E-state index in [-0.39, 0.29) is 0 Å². The molecule has 2 nitrogen and oxygen atoms in total. The third kappa shape index (κ3) is 1.19. The Kier molecular flexibility index (Phi) is 1.93. The zero-order chi connectivity index (χ0) is 10.6. The van der Waals surface area contributed by atoms with Gasteiger partial charge in [0.15, 0.2) is 0 Å². The van der Waals surface area contributed by atoms with Crippen molar-refractivity contribution in [1.82, 2.24) is 5.01 Å².